The van der Waals surface area contributed by atoms with Gasteiger partial charge in [-0.05, 0) is 41.5 Å². The number of hydrogen-bond acceptors (Lipinski definition) is 2. The van der Waals surface area contributed by atoms with E-state index in [2.05, 4.69) is 78.0 Å². The monoisotopic (exact) mass is 287 g/mol. The van der Waals surface area contributed by atoms with Crippen LogP contribution in [0.4, 0.5) is 0 Å². The quantitative estimate of drug-likeness (QED) is 0.530. The first kappa shape index (κ1) is 11.4. The predicted octanol–water partition coefficient (Wildman–Crippen LogP) is 5.47. The second-order valence-corrected chi connectivity index (χ2v) is 6.59. The lowest BCUT2D eigenvalue weighted by Gasteiger charge is -2.32. The molecule has 3 aromatic rings. The molecule has 2 aliphatic rings. The lowest BCUT2D eigenvalue weighted by molar-refractivity contribution is 0.430. The number of hydrogen-bond donors (Lipinski definition) is 0. The topological polar surface area (TPSA) is 3.24 Å². The van der Waals surface area contributed by atoms with Gasteiger partial charge in [0, 0.05) is 32.6 Å². The molecule has 3 heterocycles. The Hall–Kier alpha value is -2.32. The molecule has 2 aromatic carbocycles. The molecule has 5 rings (SSSR count). The summed E-state index contributed by atoms with van der Waals surface area (Å²) < 4.78 is 2.75. The van der Waals surface area contributed by atoms with Crippen molar-refractivity contribution in [3.63, 3.8) is 0 Å². The second-order valence-electron chi connectivity index (χ2n) is 5.51. The van der Waals surface area contributed by atoms with Gasteiger partial charge in [0.05, 0.1) is 6.04 Å². The lowest BCUT2D eigenvalue weighted by atomic mass is 9.93. The number of thiophene rings is 1. The highest BCUT2D eigenvalue weighted by Crippen LogP contribution is 2.40. The SMILES string of the molecule is C1=CC2c3cc4c(cc3C=CN2C=C1)sc1ccccc14. The Morgan fingerprint density at radius 1 is 0.905 bits per heavy atom. The molecule has 0 radical (unpaired) electrons. The molecule has 0 N–H and O–H groups in total. The van der Waals surface area contributed by atoms with Crippen LogP contribution >= 0.6 is 11.3 Å². The third kappa shape index (κ3) is 1.57. The highest BCUT2D eigenvalue weighted by molar-refractivity contribution is 7.25. The van der Waals surface area contributed by atoms with Gasteiger partial charge in [-0.3, -0.25) is 0 Å². The van der Waals surface area contributed by atoms with E-state index in [4.69, 9.17) is 0 Å². The van der Waals surface area contributed by atoms with Gasteiger partial charge in [-0.2, -0.15) is 0 Å². The number of allylic oxidation sites excluding steroid dienone is 2. The molecule has 1 unspecified atom stereocenters. The molecule has 1 nitrogen and oxygen atoms in total. The highest BCUT2D eigenvalue weighted by Gasteiger charge is 2.22. The van der Waals surface area contributed by atoms with Gasteiger partial charge in [0.1, 0.15) is 0 Å². The number of fused-ring (bicyclic) bond motifs is 6. The number of rotatable bonds is 0. The Kier molecular flexibility index (Phi) is 2.21. The molecule has 0 saturated heterocycles. The van der Waals surface area contributed by atoms with Crippen LogP contribution in [0, 0.1) is 0 Å². The van der Waals surface area contributed by atoms with Crippen molar-refractivity contribution in [2.24, 2.45) is 0 Å². The molecular formula is C19H13NS. The zero-order valence-corrected chi connectivity index (χ0v) is 12.2. The van der Waals surface area contributed by atoms with Crippen LogP contribution in [0.15, 0.2) is 67.0 Å². The van der Waals surface area contributed by atoms with Crippen LogP contribution in [0.5, 0.6) is 0 Å². The normalized spacial score (nSPS) is 19.2. The average molecular weight is 287 g/mol. The summed E-state index contributed by atoms with van der Waals surface area (Å²) in [6.45, 7) is 0. The lowest BCUT2D eigenvalue weighted by Crippen LogP contribution is -2.21. The van der Waals surface area contributed by atoms with Gasteiger partial charge in [0.25, 0.3) is 0 Å². The van der Waals surface area contributed by atoms with E-state index < -0.39 is 0 Å². The van der Waals surface area contributed by atoms with Crippen LogP contribution in [0.3, 0.4) is 0 Å². The van der Waals surface area contributed by atoms with Crippen LogP contribution in [0.2, 0.25) is 0 Å². The summed E-state index contributed by atoms with van der Waals surface area (Å²) in [5, 5.41) is 2.75. The third-order valence-corrected chi connectivity index (χ3v) is 5.44. The fourth-order valence-electron chi connectivity index (χ4n) is 3.29. The number of nitrogens with zero attached hydrogens (tertiary/aromatic N) is 1. The molecule has 1 atom stereocenters. The molecular weight excluding hydrogens is 274 g/mol. The van der Waals surface area contributed by atoms with Crippen molar-refractivity contribution in [2.75, 3.05) is 0 Å². The smallest absolute Gasteiger partial charge is 0.0773 e. The summed E-state index contributed by atoms with van der Waals surface area (Å²) in [4.78, 5) is 2.27. The Balaban J connectivity index is 1.84. The summed E-state index contributed by atoms with van der Waals surface area (Å²) in [5.41, 5.74) is 2.74. The van der Waals surface area contributed by atoms with Crippen LogP contribution in [-0.4, -0.2) is 4.90 Å². The van der Waals surface area contributed by atoms with Crippen molar-refractivity contribution >= 4 is 37.6 Å². The van der Waals surface area contributed by atoms with E-state index in [9.17, 15) is 0 Å². The average Bonchev–Trinajstić information content (AvgIpc) is 2.90. The van der Waals surface area contributed by atoms with Gasteiger partial charge >= 0.3 is 0 Å². The van der Waals surface area contributed by atoms with Gasteiger partial charge in [-0.1, -0.05) is 30.4 Å². The Morgan fingerprint density at radius 2 is 1.86 bits per heavy atom. The molecule has 21 heavy (non-hydrogen) atoms. The van der Waals surface area contributed by atoms with Crippen LogP contribution in [0.25, 0.3) is 26.2 Å². The minimum absolute atomic E-state index is 0.332. The van der Waals surface area contributed by atoms with Gasteiger partial charge in [0.2, 0.25) is 0 Å². The number of benzene rings is 2. The first-order valence-electron chi connectivity index (χ1n) is 7.16. The van der Waals surface area contributed by atoms with Gasteiger partial charge < -0.3 is 4.90 Å². The van der Waals surface area contributed by atoms with Crippen molar-refractivity contribution in [3.05, 3.63) is 78.2 Å². The third-order valence-electron chi connectivity index (χ3n) is 4.31. The molecule has 2 heteroatoms. The van der Waals surface area contributed by atoms with E-state index in [-0.39, 0.29) is 0 Å². The second kappa shape index (κ2) is 4.09. The van der Waals surface area contributed by atoms with Crippen molar-refractivity contribution in [1.82, 2.24) is 4.90 Å². The minimum atomic E-state index is 0.332. The van der Waals surface area contributed by atoms with Crippen molar-refractivity contribution in [2.45, 2.75) is 6.04 Å². The van der Waals surface area contributed by atoms with Gasteiger partial charge in [0.15, 0.2) is 0 Å². The summed E-state index contributed by atoms with van der Waals surface area (Å²) in [5.74, 6) is 0. The Bertz CT molecular complexity index is 958. The zero-order valence-electron chi connectivity index (χ0n) is 11.4. The highest BCUT2D eigenvalue weighted by atomic mass is 32.1. The molecule has 0 saturated carbocycles. The molecule has 0 spiro atoms. The maximum Gasteiger partial charge on any atom is 0.0773 e. The molecule has 2 aliphatic heterocycles. The fraction of sp³-hybridized carbons (Fsp3) is 0.0526. The summed E-state index contributed by atoms with van der Waals surface area (Å²) in [7, 11) is 0. The molecule has 100 valence electrons. The maximum absolute atomic E-state index is 2.38. The van der Waals surface area contributed by atoms with Crippen molar-refractivity contribution in [3.8, 4) is 0 Å². The maximum atomic E-state index is 2.38. The van der Waals surface area contributed by atoms with E-state index >= 15 is 0 Å². The first-order valence-corrected chi connectivity index (χ1v) is 7.98. The predicted molar refractivity (Wildman–Crippen MR) is 91.2 cm³/mol. The van der Waals surface area contributed by atoms with Gasteiger partial charge in [-0.25, -0.2) is 0 Å². The summed E-state index contributed by atoms with van der Waals surface area (Å²) >= 11 is 1.88. The van der Waals surface area contributed by atoms with Crippen LogP contribution < -0.4 is 0 Å². The first-order chi connectivity index (χ1) is 10.4. The molecule has 0 amide bonds. The molecule has 1 aromatic heterocycles. The standard InChI is InChI=1S/C19H13NS/c1-2-7-18-14(5-1)16-12-15-13(11-19(16)21-18)8-10-20-9-4-3-6-17(15)20/h1-12,17H. The van der Waals surface area contributed by atoms with Crippen LogP contribution in [-0.2, 0) is 0 Å². The molecule has 0 fully saturated rings. The molecule has 0 aliphatic carbocycles. The van der Waals surface area contributed by atoms with Crippen molar-refractivity contribution in [1.29, 1.82) is 0 Å². The summed E-state index contributed by atoms with van der Waals surface area (Å²) in [6.07, 6.45) is 13.0. The Morgan fingerprint density at radius 3 is 2.86 bits per heavy atom. The van der Waals surface area contributed by atoms with E-state index in [1.165, 1.54) is 31.3 Å². The molecule has 0 bridgehead atoms. The van der Waals surface area contributed by atoms with E-state index in [0.29, 0.717) is 6.04 Å². The van der Waals surface area contributed by atoms with Crippen LogP contribution in [0.1, 0.15) is 17.2 Å². The van der Waals surface area contributed by atoms with Gasteiger partial charge in [-0.15, -0.1) is 11.3 Å². The van der Waals surface area contributed by atoms with E-state index in [1.54, 1.807) is 0 Å². The zero-order chi connectivity index (χ0) is 13.8. The van der Waals surface area contributed by atoms with E-state index in [0.717, 1.165) is 0 Å². The van der Waals surface area contributed by atoms with Crippen molar-refractivity contribution < 1.29 is 0 Å². The van der Waals surface area contributed by atoms with E-state index in [1.807, 2.05) is 11.3 Å². The minimum Gasteiger partial charge on any atom is -0.343 e. The Labute approximate surface area is 127 Å². The fourth-order valence-corrected chi connectivity index (χ4v) is 4.42. The largest absolute Gasteiger partial charge is 0.343 e. The summed E-state index contributed by atoms with van der Waals surface area (Å²) in [6, 6.07) is 13.7.